The Kier molecular flexibility index (Phi) is 6.06. The van der Waals surface area contributed by atoms with Crippen molar-refractivity contribution in [3.63, 3.8) is 0 Å². The van der Waals surface area contributed by atoms with Crippen LogP contribution in [-0.4, -0.2) is 26.2 Å². The van der Waals surface area contributed by atoms with E-state index in [9.17, 15) is 9.59 Å². The van der Waals surface area contributed by atoms with Crippen LogP contribution in [0.25, 0.3) is 0 Å². The zero-order valence-corrected chi connectivity index (χ0v) is 14.5. The Morgan fingerprint density at radius 2 is 1.46 bits per heavy atom. The second-order valence-corrected chi connectivity index (χ2v) is 5.58. The molecule has 24 heavy (non-hydrogen) atoms. The van der Waals surface area contributed by atoms with Crippen LogP contribution in [0.15, 0.2) is 36.4 Å². The first-order valence-electron chi connectivity index (χ1n) is 6.83. The van der Waals surface area contributed by atoms with E-state index in [4.69, 9.17) is 27.9 Å². The van der Waals surface area contributed by atoms with E-state index in [1.807, 2.05) is 0 Å². The molecule has 0 heterocycles. The molecule has 2 rings (SSSR count). The molecule has 0 saturated carbocycles. The molecule has 0 N–H and O–H groups in total. The Morgan fingerprint density at radius 1 is 0.875 bits per heavy atom. The van der Waals surface area contributed by atoms with Crippen LogP contribution in [0.4, 0.5) is 0 Å². The number of halogens is 2. The van der Waals surface area contributed by atoms with Crippen LogP contribution in [0.3, 0.4) is 0 Å². The zero-order chi connectivity index (χ0) is 17.7. The number of esters is 2. The van der Waals surface area contributed by atoms with Crippen LogP contribution < -0.4 is 4.74 Å². The van der Waals surface area contributed by atoms with Crippen LogP contribution in [-0.2, 0) is 16.1 Å². The maximum absolute atomic E-state index is 11.7. The Labute approximate surface area is 149 Å². The van der Waals surface area contributed by atoms with Crippen LogP contribution in [0.5, 0.6) is 5.75 Å². The molecule has 0 aromatic heterocycles. The quantitative estimate of drug-likeness (QED) is 0.741. The van der Waals surface area contributed by atoms with Crippen LogP contribution in [0.2, 0.25) is 10.0 Å². The summed E-state index contributed by atoms with van der Waals surface area (Å²) in [5.74, 6) is -0.611. The highest BCUT2D eigenvalue weighted by Crippen LogP contribution is 2.27. The number of hydrogen-bond acceptors (Lipinski definition) is 5. The van der Waals surface area contributed by atoms with E-state index < -0.39 is 11.9 Å². The topological polar surface area (TPSA) is 61.8 Å². The van der Waals surface area contributed by atoms with Crippen molar-refractivity contribution in [2.45, 2.75) is 6.61 Å². The van der Waals surface area contributed by atoms with Crippen molar-refractivity contribution in [1.82, 2.24) is 0 Å². The number of ether oxygens (including phenoxy) is 3. The normalized spacial score (nSPS) is 10.2. The fourth-order valence-electron chi connectivity index (χ4n) is 1.98. The van der Waals surface area contributed by atoms with E-state index in [-0.39, 0.29) is 17.7 Å². The van der Waals surface area contributed by atoms with E-state index in [0.29, 0.717) is 21.4 Å². The largest absolute Gasteiger partial charge is 0.489 e. The lowest BCUT2D eigenvalue weighted by molar-refractivity contribution is 0.0599. The van der Waals surface area contributed by atoms with Gasteiger partial charge in [-0.05, 0) is 35.9 Å². The predicted octanol–water partition coefficient (Wildman–Crippen LogP) is 4.15. The summed E-state index contributed by atoms with van der Waals surface area (Å²) in [6.45, 7) is 0.118. The molecule has 126 valence electrons. The van der Waals surface area contributed by atoms with Crippen molar-refractivity contribution in [1.29, 1.82) is 0 Å². The Hall–Kier alpha value is -2.24. The molecule has 0 aliphatic carbocycles. The van der Waals surface area contributed by atoms with Crippen molar-refractivity contribution in [3.05, 3.63) is 63.1 Å². The first-order chi connectivity index (χ1) is 11.4. The minimum atomic E-state index is -0.559. The lowest BCUT2D eigenvalue weighted by Gasteiger charge is -2.10. The van der Waals surface area contributed by atoms with Gasteiger partial charge < -0.3 is 14.2 Å². The molecule has 5 nitrogen and oxygen atoms in total. The van der Waals surface area contributed by atoms with Crippen molar-refractivity contribution in [2.75, 3.05) is 14.2 Å². The number of methoxy groups -OCH3 is 2. The summed E-state index contributed by atoms with van der Waals surface area (Å²) in [4.78, 5) is 23.5. The molecule has 0 aliphatic heterocycles. The third-order valence-electron chi connectivity index (χ3n) is 3.13. The second kappa shape index (κ2) is 8.04. The summed E-state index contributed by atoms with van der Waals surface area (Å²) in [5.41, 5.74) is 1.06. The van der Waals surface area contributed by atoms with Gasteiger partial charge in [0, 0.05) is 6.07 Å². The van der Waals surface area contributed by atoms with Gasteiger partial charge in [0.1, 0.15) is 12.4 Å². The molecule has 0 radical (unpaired) electrons. The van der Waals surface area contributed by atoms with E-state index in [0.717, 1.165) is 0 Å². The van der Waals surface area contributed by atoms with Crippen LogP contribution >= 0.6 is 23.2 Å². The molecule has 0 saturated heterocycles. The predicted molar refractivity (Wildman–Crippen MR) is 89.9 cm³/mol. The van der Waals surface area contributed by atoms with Gasteiger partial charge in [0.2, 0.25) is 0 Å². The highest BCUT2D eigenvalue weighted by Gasteiger charge is 2.14. The highest BCUT2D eigenvalue weighted by atomic mass is 35.5. The molecule has 0 fully saturated rings. The van der Waals surface area contributed by atoms with Crippen molar-refractivity contribution < 1.29 is 23.8 Å². The monoisotopic (exact) mass is 368 g/mol. The minimum Gasteiger partial charge on any atom is -0.489 e. The van der Waals surface area contributed by atoms with E-state index >= 15 is 0 Å². The van der Waals surface area contributed by atoms with E-state index in [1.54, 1.807) is 30.3 Å². The number of carbonyl (C=O) groups excluding carboxylic acids is 2. The van der Waals surface area contributed by atoms with Gasteiger partial charge in [-0.2, -0.15) is 0 Å². The average molecular weight is 369 g/mol. The fourth-order valence-corrected chi connectivity index (χ4v) is 2.27. The minimum absolute atomic E-state index is 0.118. The molecular formula is C17H14Cl2O5. The molecular weight excluding hydrogens is 355 g/mol. The van der Waals surface area contributed by atoms with Gasteiger partial charge in [-0.15, -0.1) is 0 Å². The van der Waals surface area contributed by atoms with E-state index in [1.165, 1.54) is 20.3 Å². The lowest BCUT2D eigenvalue weighted by atomic mass is 10.1. The van der Waals surface area contributed by atoms with Crippen molar-refractivity contribution in [3.8, 4) is 5.75 Å². The molecule has 2 aromatic rings. The van der Waals surface area contributed by atoms with Crippen molar-refractivity contribution >= 4 is 35.1 Å². The Bertz CT molecular complexity index is 739. The van der Waals surface area contributed by atoms with Gasteiger partial charge in [0.05, 0.1) is 35.4 Å². The summed E-state index contributed by atoms with van der Waals surface area (Å²) < 4.78 is 15.0. The van der Waals surface area contributed by atoms with Gasteiger partial charge in [-0.1, -0.05) is 23.2 Å². The zero-order valence-electron chi connectivity index (χ0n) is 13.0. The first-order valence-corrected chi connectivity index (χ1v) is 7.58. The van der Waals surface area contributed by atoms with Crippen LogP contribution in [0.1, 0.15) is 26.3 Å². The smallest absolute Gasteiger partial charge is 0.337 e. The summed E-state index contributed by atoms with van der Waals surface area (Å²) in [6.07, 6.45) is 0. The maximum atomic E-state index is 11.7. The Morgan fingerprint density at radius 3 is 1.96 bits per heavy atom. The first kappa shape index (κ1) is 18.1. The lowest BCUT2D eigenvalue weighted by Crippen LogP contribution is -2.09. The SMILES string of the molecule is COC(=O)c1cc(COc2ccc(Cl)c(Cl)c2)cc(C(=O)OC)c1. The third kappa shape index (κ3) is 4.40. The van der Waals surface area contributed by atoms with Crippen LogP contribution in [0, 0.1) is 0 Å². The number of benzene rings is 2. The summed E-state index contributed by atoms with van der Waals surface area (Å²) in [6, 6.07) is 9.42. The average Bonchev–Trinajstić information content (AvgIpc) is 2.61. The second-order valence-electron chi connectivity index (χ2n) is 4.77. The standard InChI is InChI=1S/C17H14Cl2O5/c1-22-16(20)11-5-10(6-12(7-11)17(21)23-2)9-24-13-3-4-14(18)15(19)8-13/h3-8H,9H2,1-2H3. The van der Waals surface area contributed by atoms with Gasteiger partial charge >= 0.3 is 11.9 Å². The molecule has 0 amide bonds. The number of rotatable bonds is 5. The van der Waals surface area contributed by atoms with Gasteiger partial charge in [0.15, 0.2) is 0 Å². The molecule has 0 spiro atoms. The van der Waals surface area contributed by atoms with Gasteiger partial charge in [-0.3, -0.25) is 0 Å². The molecule has 0 aliphatic rings. The number of carbonyl (C=O) groups is 2. The third-order valence-corrected chi connectivity index (χ3v) is 3.87. The van der Waals surface area contributed by atoms with E-state index in [2.05, 4.69) is 9.47 Å². The fraction of sp³-hybridized carbons (Fsp3) is 0.176. The van der Waals surface area contributed by atoms with Crippen molar-refractivity contribution in [2.24, 2.45) is 0 Å². The molecule has 2 aromatic carbocycles. The molecule has 0 bridgehead atoms. The summed E-state index contributed by atoms with van der Waals surface area (Å²) >= 11 is 11.8. The molecule has 0 atom stereocenters. The summed E-state index contributed by atoms with van der Waals surface area (Å²) in [7, 11) is 2.53. The Balaban J connectivity index is 2.26. The summed E-state index contributed by atoms with van der Waals surface area (Å²) in [5, 5.41) is 0.789. The highest BCUT2D eigenvalue weighted by molar-refractivity contribution is 6.42. The van der Waals surface area contributed by atoms with Gasteiger partial charge in [0.25, 0.3) is 0 Å². The van der Waals surface area contributed by atoms with Gasteiger partial charge in [-0.25, -0.2) is 9.59 Å². The maximum Gasteiger partial charge on any atom is 0.337 e. The molecule has 7 heteroatoms. The number of hydrogen-bond donors (Lipinski definition) is 0. The molecule has 0 unspecified atom stereocenters.